The average Bonchev–Trinajstić information content (AvgIpc) is 3.22. The summed E-state index contributed by atoms with van der Waals surface area (Å²) >= 11 is 5.62. The second-order valence-corrected chi connectivity index (χ2v) is 11.8. The fourth-order valence-electron chi connectivity index (χ4n) is 4.52. The lowest BCUT2D eigenvalue weighted by atomic mass is 9.92. The molecule has 1 aliphatic carbocycles. The van der Waals surface area contributed by atoms with Crippen molar-refractivity contribution < 1.29 is 12.8 Å². The summed E-state index contributed by atoms with van der Waals surface area (Å²) in [7, 11) is -3.32. The lowest BCUT2D eigenvalue weighted by Crippen LogP contribution is -2.41. The highest BCUT2D eigenvalue weighted by Crippen LogP contribution is 2.25. The summed E-state index contributed by atoms with van der Waals surface area (Å²) in [6.07, 6.45) is 6.76. The minimum atomic E-state index is -3.32. The summed E-state index contributed by atoms with van der Waals surface area (Å²) in [5, 5.41) is 3.36. The highest BCUT2D eigenvalue weighted by atomic mass is 35.5. The minimum Gasteiger partial charge on any atom is -0.351 e. The second kappa shape index (κ2) is 11.7. The zero-order chi connectivity index (χ0) is 26.6. The molecular formula is C25H32ClFN6O3S. The molecule has 2 aromatic heterocycles. The van der Waals surface area contributed by atoms with Crippen LogP contribution in [-0.2, 0) is 10.0 Å². The molecule has 1 fully saturated rings. The van der Waals surface area contributed by atoms with E-state index in [1.165, 1.54) is 16.7 Å². The highest BCUT2D eigenvalue weighted by Gasteiger charge is 2.25. The molecule has 2 N–H and O–H groups in total. The molecule has 1 saturated carbocycles. The first-order chi connectivity index (χ1) is 17.7. The van der Waals surface area contributed by atoms with E-state index >= 15 is 0 Å². The topological polar surface area (TPSA) is 111 Å². The second-order valence-electron chi connectivity index (χ2n) is 9.55. The SMILES string of the molecule is CC(C)n1cc(-c2ccnc(NC3CCC(NS(=O)(=O)CCCCl)CC3)n2)n(-c2ccc(F)cc2)c1=O. The highest BCUT2D eigenvalue weighted by molar-refractivity contribution is 7.89. The van der Waals surface area contributed by atoms with Crippen molar-refractivity contribution >= 4 is 27.6 Å². The lowest BCUT2D eigenvalue weighted by molar-refractivity contribution is 0.386. The lowest BCUT2D eigenvalue weighted by Gasteiger charge is -2.29. The van der Waals surface area contributed by atoms with Gasteiger partial charge in [-0.2, -0.15) is 0 Å². The van der Waals surface area contributed by atoms with Gasteiger partial charge in [0.1, 0.15) is 5.82 Å². The van der Waals surface area contributed by atoms with Crippen LogP contribution in [0.1, 0.15) is 52.0 Å². The zero-order valence-electron chi connectivity index (χ0n) is 20.9. The number of nitrogens with zero attached hydrogens (tertiary/aromatic N) is 4. The third-order valence-corrected chi connectivity index (χ3v) is 8.21. The number of anilines is 1. The van der Waals surface area contributed by atoms with Crippen molar-refractivity contribution in [3.05, 3.63) is 59.0 Å². The van der Waals surface area contributed by atoms with Gasteiger partial charge in [-0.15, -0.1) is 11.6 Å². The van der Waals surface area contributed by atoms with Gasteiger partial charge in [0.2, 0.25) is 16.0 Å². The molecule has 1 aromatic carbocycles. The van der Waals surface area contributed by atoms with Crippen LogP contribution >= 0.6 is 11.6 Å². The van der Waals surface area contributed by atoms with Crippen LogP contribution in [0.3, 0.4) is 0 Å². The Balaban J connectivity index is 1.50. The molecule has 37 heavy (non-hydrogen) atoms. The Bertz CT molecular complexity index is 1370. The summed E-state index contributed by atoms with van der Waals surface area (Å²) in [5.74, 6) is 0.405. The summed E-state index contributed by atoms with van der Waals surface area (Å²) in [5.41, 5.74) is 1.43. The smallest absolute Gasteiger partial charge is 0.333 e. The molecule has 200 valence electrons. The Hall–Kier alpha value is -2.76. The number of sulfonamides is 1. The summed E-state index contributed by atoms with van der Waals surface area (Å²) in [6.45, 7) is 3.84. The Morgan fingerprint density at radius 3 is 2.43 bits per heavy atom. The van der Waals surface area contributed by atoms with Gasteiger partial charge in [-0.3, -0.25) is 9.13 Å². The molecule has 3 aromatic rings. The van der Waals surface area contributed by atoms with Gasteiger partial charge < -0.3 is 5.32 Å². The number of hydrogen-bond donors (Lipinski definition) is 2. The Labute approximate surface area is 221 Å². The van der Waals surface area contributed by atoms with Gasteiger partial charge in [-0.05, 0) is 76.3 Å². The van der Waals surface area contributed by atoms with E-state index in [0.717, 1.165) is 12.8 Å². The van der Waals surface area contributed by atoms with Gasteiger partial charge in [0.05, 0.1) is 22.8 Å². The van der Waals surface area contributed by atoms with Crippen molar-refractivity contribution in [1.29, 1.82) is 0 Å². The van der Waals surface area contributed by atoms with E-state index in [0.29, 0.717) is 48.2 Å². The number of imidazole rings is 1. The van der Waals surface area contributed by atoms with Gasteiger partial charge in [0.15, 0.2) is 0 Å². The van der Waals surface area contributed by atoms with E-state index in [-0.39, 0.29) is 35.4 Å². The van der Waals surface area contributed by atoms with Crippen LogP contribution in [0.5, 0.6) is 0 Å². The molecule has 4 rings (SSSR count). The molecule has 9 nitrogen and oxygen atoms in total. The number of halogens is 2. The molecule has 0 bridgehead atoms. The number of alkyl halides is 1. The maximum absolute atomic E-state index is 13.5. The fourth-order valence-corrected chi connectivity index (χ4v) is 6.20. The summed E-state index contributed by atoms with van der Waals surface area (Å²) < 4.78 is 43.8. The van der Waals surface area contributed by atoms with Crippen LogP contribution in [0, 0.1) is 5.82 Å². The van der Waals surface area contributed by atoms with Gasteiger partial charge in [-0.25, -0.2) is 32.3 Å². The Morgan fingerprint density at radius 1 is 1.11 bits per heavy atom. The normalized spacial score (nSPS) is 18.3. The molecule has 0 aliphatic heterocycles. The van der Waals surface area contributed by atoms with E-state index in [9.17, 15) is 17.6 Å². The molecule has 1 aliphatic rings. The van der Waals surface area contributed by atoms with Gasteiger partial charge in [-0.1, -0.05) is 0 Å². The first-order valence-electron chi connectivity index (χ1n) is 12.4. The average molecular weight is 551 g/mol. The molecule has 0 amide bonds. The summed E-state index contributed by atoms with van der Waals surface area (Å²) in [6, 6.07) is 7.43. The first kappa shape index (κ1) is 27.3. The van der Waals surface area contributed by atoms with Crippen LogP contribution < -0.4 is 15.7 Å². The molecule has 0 radical (unpaired) electrons. The van der Waals surface area contributed by atoms with Gasteiger partial charge in [0, 0.05) is 36.4 Å². The third kappa shape index (κ3) is 6.77. The van der Waals surface area contributed by atoms with Crippen LogP contribution in [0.2, 0.25) is 0 Å². The van der Waals surface area contributed by atoms with E-state index in [1.54, 1.807) is 35.2 Å². The zero-order valence-corrected chi connectivity index (χ0v) is 22.5. The summed E-state index contributed by atoms with van der Waals surface area (Å²) in [4.78, 5) is 22.2. The molecule has 2 heterocycles. The predicted octanol–water partition coefficient (Wildman–Crippen LogP) is 4.09. The number of aromatic nitrogens is 4. The van der Waals surface area contributed by atoms with Crippen LogP contribution in [-0.4, -0.2) is 51.2 Å². The Morgan fingerprint density at radius 2 is 1.78 bits per heavy atom. The van der Waals surface area contributed by atoms with Crippen molar-refractivity contribution in [1.82, 2.24) is 23.8 Å². The van der Waals surface area contributed by atoms with Crippen molar-refractivity contribution in [3.8, 4) is 17.1 Å². The van der Waals surface area contributed by atoms with Gasteiger partial charge in [0.25, 0.3) is 0 Å². The molecule has 12 heteroatoms. The first-order valence-corrected chi connectivity index (χ1v) is 14.6. The number of benzene rings is 1. The largest absolute Gasteiger partial charge is 0.351 e. The minimum absolute atomic E-state index is 0.0385. The standard InChI is InChI=1S/C25H32ClFN6O3S/c1-17(2)32-16-23(33(25(32)34)21-10-4-18(27)5-11-21)22-12-14-28-24(30-22)29-19-6-8-20(9-7-19)31-37(35,36)15-3-13-26/h4-5,10-12,14,16-17,19-20,31H,3,6-9,13,15H2,1-2H3,(H,28,29,30). The molecule has 0 spiro atoms. The van der Waals surface area contributed by atoms with Gasteiger partial charge >= 0.3 is 5.69 Å². The monoisotopic (exact) mass is 550 g/mol. The van der Waals surface area contributed by atoms with Crippen molar-refractivity contribution in [2.75, 3.05) is 16.9 Å². The molecule has 0 atom stereocenters. The van der Waals surface area contributed by atoms with Crippen molar-refractivity contribution in [2.45, 2.75) is 64.1 Å². The van der Waals surface area contributed by atoms with Crippen molar-refractivity contribution in [2.24, 2.45) is 0 Å². The molecule has 0 unspecified atom stereocenters. The number of nitrogens with one attached hydrogen (secondary N) is 2. The van der Waals surface area contributed by atoms with Crippen LogP contribution in [0.4, 0.5) is 10.3 Å². The predicted molar refractivity (Wildman–Crippen MR) is 143 cm³/mol. The third-order valence-electron chi connectivity index (χ3n) is 6.43. The number of hydrogen-bond acceptors (Lipinski definition) is 6. The molecule has 0 saturated heterocycles. The van der Waals surface area contributed by atoms with E-state index in [2.05, 4.69) is 20.0 Å². The fraction of sp³-hybridized carbons (Fsp3) is 0.480. The van der Waals surface area contributed by atoms with Crippen LogP contribution in [0.15, 0.2) is 47.5 Å². The van der Waals surface area contributed by atoms with E-state index < -0.39 is 10.0 Å². The molecular weight excluding hydrogens is 519 g/mol. The van der Waals surface area contributed by atoms with Crippen LogP contribution in [0.25, 0.3) is 17.1 Å². The maximum Gasteiger partial charge on any atom is 0.333 e. The van der Waals surface area contributed by atoms with E-state index in [4.69, 9.17) is 11.6 Å². The Kier molecular flexibility index (Phi) is 8.66. The van der Waals surface area contributed by atoms with Crippen molar-refractivity contribution in [3.63, 3.8) is 0 Å². The maximum atomic E-state index is 13.5. The quantitative estimate of drug-likeness (QED) is 0.368. The van der Waals surface area contributed by atoms with E-state index in [1.807, 2.05) is 13.8 Å². The number of rotatable bonds is 10.